The monoisotopic (exact) mass is 344 g/mol. The van der Waals surface area contributed by atoms with Crippen molar-refractivity contribution in [3.8, 4) is 0 Å². The molecule has 0 aliphatic carbocycles. The minimum Gasteiger partial charge on any atom is -0.340 e. The van der Waals surface area contributed by atoms with Crippen LogP contribution in [0.3, 0.4) is 0 Å². The standard InChI is InChI=1S/C14H12F4N4O2/c1-7(10-4-5-19-22-10)20-12(23)13(24)21-11-6-8(14(16,17)18)2-3-9(11)15/h2-7H,1H3,(H,19,22)(H,20,23)(H,21,24). The Morgan fingerprint density at radius 1 is 1.21 bits per heavy atom. The van der Waals surface area contributed by atoms with E-state index in [2.05, 4.69) is 15.5 Å². The molecule has 1 aromatic carbocycles. The summed E-state index contributed by atoms with van der Waals surface area (Å²) < 4.78 is 51.3. The molecule has 1 atom stereocenters. The largest absolute Gasteiger partial charge is 0.416 e. The van der Waals surface area contributed by atoms with Gasteiger partial charge in [0.1, 0.15) is 5.82 Å². The van der Waals surface area contributed by atoms with Gasteiger partial charge in [0.2, 0.25) is 0 Å². The Labute approximate surface area is 133 Å². The van der Waals surface area contributed by atoms with Crippen molar-refractivity contribution in [1.82, 2.24) is 15.5 Å². The van der Waals surface area contributed by atoms with Crippen LogP contribution in [0.15, 0.2) is 30.5 Å². The molecule has 1 heterocycles. The second-order valence-electron chi connectivity index (χ2n) is 4.85. The molecule has 3 N–H and O–H groups in total. The zero-order valence-electron chi connectivity index (χ0n) is 12.2. The first-order valence-corrected chi connectivity index (χ1v) is 6.66. The number of amides is 2. The number of anilines is 1. The number of benzene rings is 1. The molecule has 0 spiro atoms. The SMILES string of the molecule is CC(NC(=O)C(=O)Nc1cc(C(F)(F)F)ccc1F)c1ccn[nH]1. The number of H-pyrrole nitrogens is 1. The van der Waals surface area contributed by atoms with Gasteiger partial charge in [0.25, 0.3) is 0 Å². The molecule has 0 aliphatic heterocycles. The lowest BCUT2D eigenvalue weighted by Gasteiger charge is -2.13. The fourth-order valence-corrected chi connectivity index (χ4v) is 1.82. The van der Waals surface area contributed by atoms with Gasteiger partial charge in [0, 0.05) is 6.20 Å². The summed E-state index contributed by atoms with van der Waals surface area (Å²) in [5, 5.41) is 10.4. The third-order valence-corrected chi connectivity index (χ3v) is 3.08. The molecule has 1 aromatic heterocycles. The van der Waals surface area contributed by atoms with Crippen molar-refractivity contribution >= 4 is 17.5 Å². The zero-order valence-corrected chi connectivity index (χ0v) is 12.2. The Bertz CT molecular complexity index is 744. The number of nitrogens with one attached hydrogen (secondary N) is 3. The summed E-state index contributed by atoms with van der Waals surface area (Å²) in [5.41, 5.74) is -1.37. The van der Waals surface area contributed by atoms with Gasteiger partial charge in [-0.1, -0.05) is 0 Å². The molecule has 2 amide bonds. The van der Waals surface area contributed by atoms with Crippen LogP contribution in [0.25, 0.3) is 0 Å². The van der Waals surface area contributed by atoms with Gasteiger partial charge in [0.15, 0.2) is 0 Å². The lowest BCUT2D eigenvalue weighted by Crippen LogP contribution is -2.37. The Morgan fingerprint density at radius 3 is 2.50 bits per heavy atom. The molecule has 0 aliphatic rings. The van der Waals surface area contributed by atoms with E-state index in [1.165, 1.54) is 6.20 Å². The molecule has 10 heteroatoms. The topological polar surface area (TPSA) is 86.9 Å². The van der Waals surface area contributed by atoms with Crippen LogP contribution >= 0.6 is 0 Å². The number of hydrogen-bond acceptors (Lipinski definition) is 3. The van der Waals surface area contributed by atoms with E-state index in [0.29, 0.717) is 23.9 Å². The highest BCUT2D eigenvalue weighted by atomic mass is 19.4. The Kier molecular flexibility index (Phi) is 4.86. The summed E-state index contributed by atoms with van der Waals surface area (Å²) in [5.74, 6) is -3.51. The Hall–Kier alpha value is -2.91. The van der Waals surface area contributed by atoms with Crippen LogP contribution in [0, 0.1) is 5.82 Å². The molecule has 2 aromatic rings. The first-order chi connectivity index (χ1) is 11.2. The predicted molar refractivity (Wildman–Crippen MR) is 75.2 cm³/mol. The van der Waals surface area contributed by atoms with Gasteiger partial charge in [-0.25, -0.2) is 4.39 Å². The third-order valence-electron chi connectivity index (χ3n) is 3.08. The highest BCUT2D eigenvalue weighted by Crippen LogP contribution is 2.31. The fourth-order valence-electron chi connectivity index (χ4n) is 1.82. The minimum absolute atomic E-state index is 0.416. The van der Waals surface area contributed by atoms with Crippen molar-refractivity contribution in [1.29, 1.82) is 0 Å². The highest BCUT2D eigenvalue weighted by Gasteiger charge is 2.31. The fraction of sp³-hybridized carbons (Fsp3) is 0.214. The molecule has 128 valence electrons. The summed E-state index contributed by atoms with van der Waals surface area (Å²) in [6.07, 6.45) is -3.26. The molecule has 0 saturated carbocycles. The normalized spacial score (nSPS) is 12.5. The van der Waals surface area contributed by atoms with Crippen LogP contribution < -0.4 is 10.6 Å². The van der Waals surface area contributed by atoms with Crippen LogP contribution in [0.2, 0.25) is 0 Å². The van der Waals surface area contributed by atoms with E-state index in [0.717, 1.165) is 0 Å². The number of hydrogen-bond donors (Lipinski definition) is 3. The molecular weight excluding hydrogens is 332 g/mol. The molecule has 2 rings (SSSR count). The van der Waals surface area contributed by atoms with Gasteiger partial charge in [-0.2, -0.15) is 18.3 Å². The number of carbonyl (C=O) groups excluding carboxylic acids is 2. The Morgan fingerprint density at radius 2 is 1.92 bits per heavy atom. The van der Waals surface area contributed by atoms with Crippen molar-refractivity contribution in [2.45, 2.75) is 19.1 Å². The maximum Gasteiger partial charge on any atom is 0.416 e. The van der Waals surface area contributed by atoms with Crippen LogP contribution in [0.4, 0.5) is 23.2 Å². The average molecular weight is 344 g/mol. The maximum absolute atomic E-state index is 13.5. The second kappa shape index (κ2) is 6.69. The van der Waals surface area contributed by atoms with Gasteiger partial charge in [-0.05, 0) is 31.2 Å². The molecule has 0 radical (unpaired) electrons. The van der Waals surface area contributed by atoms with E-state index in [9.17, 15) is 27.2 Å². The van der Waals surface area contributed by atoms with Crippen LogP contribution in [0.1, 0.15) is 24.2 Å². The molecule has 0 saturated heterocycles. The first-order valence-electron chi connectivity index (χ1n) is 6.66. The second-order valence-corrected chi connectivity index (χ2v) is 4.85. The maximum atomic E-state index is 13.5. The van der Waals surface area contributed by atoms with E-state index < -0.39 is 41.1 Å². The highest BCUT2D eigenvalue weighted by molar-refractivity contribution is 6.39. The van der Waals surface area contributed by atoms with Crippen molar-refractivity contribution in [3.63, 3.8) is 0 Å². The summed E-state index contributed by atoms with van der Waals surface area (Å²) >= 11 is 0. The van der Waals surface area contributed by atoms with Gasteiger partial charge in [-0.3, -0.25) is 14.7 Å². The summed E-state index contributed by atoms with van der Waals surface area (Å²) in [6.45, 7) is 1.56. The van der Waals surface area contributed by atoms with E-state index in [1.54, 1.807) is 13.0 Å². The third kappa shape index (κ3) is 4.09. The quantitative estimate of drug-likeness (QED) is 0.590. The first kappa shape index (κ1) is 17.4. The van der Waals surface area contributed by atoms with E-state index in [4.69, 9.17) is 0 Å². The number of alkyl halides is 3. The number of halogens is 4. The summed E-state index contributed by atoms with van der Waals surface area (Å²) in [4.78, 5) is 23.5. The molecule has 0 bridgehead atoms. The van der Waals surface area contributed by atoms with Gasteiger partial charge in [0.05, 0.1) is 23.0 Å². The van der Waals surface area contributed by atoms with Crippen molar-refractivity contribution in [3.05, 3.63) is 47.5 Å². The molecule has 24 heavy (non-hydrogen) atoms. The zero-order chi connectivity index (χ0) is 17.9. The summed E-state index contributed by atoms with van der Waals surface area (Å²) in [7, 11) is 0. The predicted octanol–water partition coefficient (Wildman–Crippen LogP) is 2.38. The Balaban J connectivity index is 2.07. The van der Waals surface area contributed by atoms with Gasteiger partial charge >= 0.3 is 18.0 Å². The van der Waals surface area contributed by atoms with Crippen molar-refractivity contribution in [2.24, 2.45) is 0 Å². The molecule has 1 unspecified atom stereocenters. The van der Waals surface area contributed by atoms with Crippen LogP contribution in [0.5, 0.6) is 0 Å². The number of nitrogens with zero attached hydrogens (tertiary/aromatic N) is 1. The van der Waals surface area contributed by atoms with Gasteiger partial charge < -0.3 is 10.6 Å². The van der Waals surface area contributed by atoms with Gasteiger partial charge in [-0.15, -0.1) is 0 Å². The number of aromatic amines is 1. The summed E-state index contributed by atoms with van der Waals surface area (Å²) in [6, 6.07) is 2.47. The van der Waals surface area contributed by atoms with Crippen LogP contribution in [-0.2, 0) is 15.8 Å². The molecular formula is C14H12F4N4O2. The average Bonchev–Trinajstić information content (AvgIpc) is 3.02. The van der Waals surface area contributed by atoms with Crippen molar-refractivity contribution in [2.75, 3.05) is 5.32 Å². The molecule has 6 nitrogen and oxygen atoms in total. The van der Waals surface area contributed by atoms with Crippen LogP contribution in [-0.4, -0.2) is 22.0 Å². The number of aromatic nitrogens is 2. The lowest BCUT2D eigenvalue weighted by atomic mass is 10.2. The lowest BCUT2D eigenvalue weighted by molar-refractivity contribution is -0.137. The smallest absolute Gasteiger partial charge is 0.340 e. The number of rotatable bonds is 3. The molecule has 0 fully saturated rings. The van der Waals surface area contributed by atoms with E-state index in [-0.39, 0.29) is 0 Å². The van der Waals surface area contributed by atoms with Crippen molar-refractivity contribution < 1.29 is 27.2 Å². The van der Waals surface area contributed by atoms with E-state index >= 15 is 0 Å². The minimum atomic E-state index is -4.70. The van der Waals surface area contributed by atoms with E-state index in [1.807, 2.05) is 5.32 Å². The number of carbonyl (C=O) groups is 2.